The van der Waals surface area contributed by atoms with Gasteiger partial charge in [-0.15, -0.1) is 0 Å². The van der Waals surface area contributed by atoms with Gasteiger partial charge in [0.2, 0.25) is 0 Å². The lowest BCUT2D eigenvalue weighted by molar-refractivity contribution is 0.625. The van der Waals surface area contributed by atoms with E-state index in [1.54, 1.807) is 0 Å². The summed E-state index contributed by atoms with van der Waals surface area (Å²) in [6, 6.07) is 2.99. The van der Waals surface area contributed by atoms with Gasteiger partial charge in [0.25, 0.3) is 0 Å². The monoisotopic (exact) mass is 426 g/mol. The van der Waals surface area contributed by atoms with Crippen LogP contribution in [-0.2, 0) is 0 Å². The molecule has 0 atom stereocenters. The molecule has 0 amide bonds. The molecule has 1 rings (SSSR count). The molecule has 0 aliphatic rings. The molecule has 0 aliphatic heterocycles. The molecule has 0 fully saturated rings. The molecule has 4 heteroatoms. The predicted molar refractivity (Wildman–Crippen MR) is 59.5 cm³/mol. The van der Waals surface area contributed by atoms with E-state index in [2.05, 4.69) is 61.1 Å². The number of hydrogen-bond donors (Lipinski definition) is 0. The van der Waals surface area contributed by atoms with Crippen molar-refractivity contribution in [2.75, 3.05) is 0 Å². The first-order chi connectivity index (χ1) is 4.61. The number of halogens is 4. The molecule has 0 aromatic heterocycles. The average Bonchev–Trinajstić information content (AvgIpc) is 1.82. The van der Waals surface area contributed by atoms with Gasteiger partial charge in [0.1, 0.15) is 5.82 Å². The molecule has 0 radical (unpaired) electrons. The van der Waals surface area contributed by atoms with Crippen LogP contribution in [-0.4, -0.2) is 0 Å². The Balaban J connectivity index is 3.31. The molecule has 1 aromatic rings. The lowest BCUT2D eigenvalue weighted by Gasteiger charge is -1.98. The number of rotatable bonds is 0. The summed E-state index contributed by atoms with van der Waals surface area (Å²) in [5.74, 6) is -0.183. The van der Waals surface area contributed by atoms with Gasteiger partial charge in [-0.25, -0.2) is 4.39 Å². The first-order valence-corrected chi connectivity index (χ1v) is 5.36. The van der Waals surface area contributed by atoms with E-state index in [0.717, 1.165) is 11.6 Å². The third-order valence-corrected chi connectivity index (χ3v) is 4.99. The second kappa shape index (κ2) is 3.66. The van der Waals surface area contributed by atoms with E-state index in [1.807, 2.05) is 0 Å². The molecule has 54 valence electrons. The van der Waals surface area contributed by atoms with Crippen molar-refractivity contribution in [1.29, 1.82) is 0 Å². The van der Waals surface area contributed by atoms with Crippen LogP contribution < -0.4 is 0 Å². The number of hydrogen-bond acceptors (Lipinski definition) is 0. The van der Waals surface area contributed by atoms with E-state index in [-0.39, 0.29) is 5.82 Å². The van der Waals surface area contributed by atoms with Crippen molar-refractivity contribution < 1.29 is 4.39 Å². The van der Waals surface area contributed by atoms with Crippen molar-refractivity contribution in [1.82, 2.24) is 0 Å². The van der Waals surface area contributed by atoms with Crippen LogP contribution in [0.15, 0.2) is 16.6 Å². The molecule has 0 bridgehead atoms. The van der Waals surface area contributed by atoms with Crippen LogP contribution >= 0.6 is 61.1 Å². The zero-order valence-electron chi connectivity index (χ0n) is 4.67. The van der Waals surface area contributed by atoms with Gasteiger partial charge in [-0.2, -0.15) is 0 Å². The summed E-state index contributed by atoms with van der Waals surface area (Å²) in [5.41, 5.74) is 0. The van der Waals surface area contributed by atoms with Gasteiger partial charge in [-0.1, -0.05) is 0 Å². The maximum atomic E-state index is 12.6. The molecule has 10 heavy (non-hydrogen) atoms. The summed E-state index contributed by atoms with van der Waals surface area (Å²) in [6.45, 7) is 0. The van der Waals surface area contributed by atoms with Crippen LogP contribution in [0.3, 0.4) is 0 Å². The Labute approximate surface area is 94.0 Å². The lowest BCUT2D eigenvalue weighted by Crippen LogP contribution is -1.83. The minimum absolute atomic E-state index is 0.183. The lowest BCUT2D eigenvalue weighted by atomic mass is 10.4. The minimum atomic E-state index is -0.183. The summed E-state index contributed by atoms with van der Waals surface area (Å²) < 4.78 is 15.4. The molecule has 0 saturated carbocycles. The summed E-state index contributed by atoms with van der Waals surface area (Å²) in [5, 5.41) is 0. The predicted octanol–water partition coefficient (Wildman–Crippen LogP) is 3.80. The third kappa shape index (κ3) is 2.04. The molecule has 0 unspecified atom stereocenters. The summed E-state index contributed by atoms with van der Waals surface area (Å²) in [7, 11) is 0. The van der Waals surface area contributed by atoms with Crippen LogP contribution in [0.2, 0.25) is 0 Å². The van der Waals surface area contributed by atoms with Crippen molar-refractivity contribution in [3.05, 3.63) is 29.6 Å². The van der Waals surface area contributed by atoms with Crippen LogP contribution in [0.5, 0.6) is 0 Å². The fourth-order valence-electron chi connectivity index (χ4n) is 0.525. The Hall–Kier alpha value is 1.09. The second-order valence-electron chi connectivity index (χ2n) is 1.68. The minimum Gasteiger partial charge on any atom is -0.207 e. The smallest absolute Gasteiger partial charge is 0.125 e. The van der Waals surface area contributed by atoms with Crippen molar-refractivity contribution in [3.8, 4) is 0 Å². The standard InChI is InChI=1S/C6H2BrFI2/c7-6-4(9)1-3(8)2-5(6)10/h1-2H. The van der Waals surface area contributed by atoms with Gasteiger partial charge in [0, 0.05) is 11.6 Å². The van der Waals surface area contributed by atoms with Crippen molar-refractivity contribution in [3.63, 3.8) is 0 Å². The van der Waals surface area contributed by atoms with E-state index in [1.165, 1.54) is 12.1 Å². The molecule has 0 aliphatic carbocycles. The first-order valence-electron chi connectivity index (χ1n) is 2.41. The van der Waals surface area contributed by atoms with E-state index in [0.29, 0.717) is 0 Å². The van der Waals surface area contributed by atoms with Gasteiger partial charge >= 0.3 is 0 Å². The highest BCUT2D eigenvalue weighted by atomic mass is 127. The molecule has 0 spiro atoms. The maximum absolute atomic E-state index is 12.6. The van der Waals surface area contributed by atoms with Crippen LogP contribution in [0.1, 0.15) is 0 Å². The quantitative estimate of drug-likeness (QED) is 0.336. The molecule has 0 heterocycles. The van der Waals surface area contributed by atoms with Gasteiger partial charge in [-0.3, -0.25) is 0 Å². The van der Waals surface area contributed by atoms with Gasteiger partial charge in [-0.05, 0) is 73.2 Å². The molecular formula is C6H2BrFI2. The Morgan fingerprint density at radius 1 is 1.20 bits per heavy atom. The molecule has 0 nitrogen and oxygen atoms in total. The van der Waals surface area contributed by atoms with Gasteiger partial charge < -0.3 is 0 Å². The van der Waals surface area contributed by atoms with Gasteiger partial charge in [0.05, 0.1) is 0 Å². The van der Waals surface area contributed by atoms with Crippen LogP contribution in [0, 0.1) is 13.0 Å². The molecular weight excluding hydrogens is 425 g/mol. The normalized spacial score (nSPS) is 10.0. The van der Waals surface area contributed by atoms with Crippen LogP contribution in [0.4, 0.5) is 4.39 Å². The fourth-order valence-corrected chi connectivity index (χ4v) is 2.45. The largest absolute Gasteiger partial charge is 0.207 e. The highest BCUT2D eigenvalue weighted by molar-refractivity contribution is 14.1. The van der Waals surface area contributed by atoms with E-state index < -0.39 is 0 Å². The molecule has 0 N–H and O–H groups in total. The molecule has 0 saturated heterocycles. The third-order valence-electron chi connectivity index (χ3n) is 0.949. The van der Waals surface area contributed by atoms with Crippen LogP contribution in [0.25, 0.3) is 0 Å². The molecule has 1 aromatic carbocycles. The highest BCUT2D eigenvalue weighted by Crippen LogP contribution is 2.25. The SMILES string of the molecule is Fc1cc(I)c(Br)c(I)c1. The fraction of sp³-hybridized carbons (Fsp3) is 0. The average molecular weight is 427 g/mol. The Morgan fingerprint density at radius 2 is 1.60 bits per heavy atom. The Morgan fingerprint density at radius 3 is 2.00 bits per heavy atom. The van der Waals surface area contributed by atoms with E-state index in [4.69, 9.17) is 0 Å². The zero-order chi connectivity index (χ0) is 7.72. The number of benzene rings is 1. The van der Waals surface area contributed by atoms with Crippen molar-refractivity contribution in [2.24, 2.45) is 0 Å². The zero-order valence-corrected chi connectivity index (χ0v) is 10.6. The van der Waals surface area contributed by atoms with E-state index in [9.17, 15) is 4.39 Å². The first kappa shape index (κ1) is 9.18. The second-order valence-corrected chi connectivity index (χ2v) is 4.80. The van der Waals surface area contributed by atoms with E-state index >= 15 is 0 Å². The maximum Gasteiger partial charge on any atom is 0.125 e. The topological polar surface area (TPSA) is 0 Å². The summed E-state index contributed by atoms with van der Waals surface area (Å²) >= 11 is 7.50. The highest BCUT2D eigenvalue weighted by Gasteiger charge is 2.02. The summed E-state index contributed by atoms with van der Waals surface area (Å²) in [6.07, 6.45) is 0. The Kier molecular flexibility index (Phi) is 3.36. The van der Waals surface area contributed by atoms with Crippen molar-refractivity contribution >= 4 is 61.1 Å². The van der Waals surface area contributed by atoms with Crippen molar-refractivity contribution in [2.45, 2.75) is 0 Å². The Bertz CT molecular complexity index is 239. The van der Waals surface area contributed by atoms with Gasteiger partial charge in [0.15, 0.2) is 0 Å². The summed E-state index contributed by atoms with van der Waals surface area (Å²) in [4.78, 5) is 0.